The summed E-state index contributed by atoms with van der Waals surface area (Å²) in [5.41, 5.74) is 2.09. The van der Waals surface area contributed by atoms with Crippen molar-refractivity contribution >= 4 is 62.4 Å². The number of halogens is 3. The first-order chi connectivity index (χ1) is 16.7. The fourth-order valence-electron chi connectivity index (χ4n) is 3.63. The Bertz CT molecular complexity index is 1410. The van der Waals surface area contributed by atoms with Crippen molar-refractivity contribution in [1.29, 1.82) is 0 Å². The van der Waals surface area contributed by atoms with Gasteiger partial charge in [0.2, 0.25) is 0 Å². The third-order valence-electron chi connectivity index (χ3n) is 5.40. The summed E-state index contributed by atoms with van der Waals surface area (Å²) < 4.78 is 33.0. The molecule has 7 nitrogen and oxygen atoms in total. The van der Waals surface area contributed by atoms with Crippen molar-refractivity contribution in [2.45, 2.75) is 17.9 Å². The molecule has 0 spiro atoms. The lowest BCUT2D eigenvalue weighted by Gasteiger charge is -2.20. The monoisotopic (exact) mass is 552 g/mol. The second-order valence-corrected chi connectivity index (χ2v) is 10.8. The molecule has 0 fully saturated rings. The Morgan fingerprint density at radius 2 is 1.74 bits per heavy atom. The topological polar surface area (TPSA) is 92.8 Å². The minimum Gasteiger partial charge on any atom is -0.452 e. The van der Waals surface area contributed by atoms with Crippen molar-refractivity contribution in [2.75, 3.05) is 17.5 Å². The number of sulfonamides is 1. The molecule has 1 aliphatic rings. The average Bonchev–Trinajstić information content (AvgIpc) is 3.27. The van der Waals surface area contributed by atoms with Gasteiger partial charge in [-0.1, -0.05) is 59.1 Å². The van der Waals surface area contributed by atoms with E-state index in [0.717, 1.165) is 11.6 Å². The number of nitrogens with zero attached hydrogens (tertiary/aromatic N) is 1. The maximum Gasteiger partial charge on any atom is 0.338 e. The quantitative estimate of drug-likeness (QED) is 0.421. The van der Waals surface area contributed by atoms with Crippen LogP contribution in [0.5, 0.6) is 0 Å². The Morgan fingerprint density at radius 1 is 0.971 bits per heavy atom. The summed E-state index contributed by atoms with van der Waals surface area (Å²) in [4.78, 5) is 24.4. The zero-order valence-corrected chi connectivity index (χ0v) is 21.2. The Morgan fingerprint density at radius 3 is 2.51 bits per heavy atom. The van der Waals surface area contributed by atoms with E-state index in [-0.39, 0.29) is 28.6 Å². The van der Waals surface area contributed by atoms with E-state index in [1.807, 2.05) is 12.1 Å². The van der Waals surface area contributed by atoms with Crippen LogP contribution in [0.2, 0.25) is 15.1 Å². The number of amides is 1. The van der Waals surface area contributed by atoms with Crippen LogP contribution in [-0.2, 0) is 32.5 Å². The SMILES string of the molecule is O=C(COC(=O)c1ccc(Cl)c(S(=O)(=O)N2CCc3ccccc32)c1)NCc1ccc(Cl)cc1Cl. The fourth-order valence-corrected chi connectivity index (χ4v) is 6.11. The number of carbonyl (C=O) groups is 2. The molecule has 0 radical (unpaired) electrons. The highest BCUT2D eigenvalue weighted by Gasteiger charge is 2.32. The molecule has 4 rings (SSSR count). The largest absolute Gasteiger partial charge is 0.452 e. The molecule has 0 saturated heterocycles. The first-order valence-corrected chi connectivity index (χ1v) is 13.0. The van der Waals surface area contributed by atoms with Gasteiger partial charge >= 0.3 is 5.97 Å². The number of hydrogen-bond donors (Lipinski definition) is 1. The van der Waals surface area contributed by atoms with Gasteiger partial charge in [0.05, 0.1) is 16.3 Å². The molecule has 11 heteroatoms. The highest BCUT2D eigenvalue weighted by atomic mass is 35.5. The predicted molar refractivity (Wildman–Crippen MR) is 135 cm³/mol. The first-order valence-electron chi connectivity index (χ1n) is 10.4. The predicted octanol–water partition coefficient (Wildman–Crippen LogP) is 4.87. The van der Waals surface area contributed by atoms with E-state index in [9.17, 15) is 18.0 Å². The van der Waals surface area contributed by atoms with Crippen LogP contribution in [0.3, 0.4) is 0 Å². The molecule has 0 aliphatic carbocycles. The van der Waals surface area contributed by atoms with Crippen LogP contribution in [0, 0.1) is 0 Å². The number of para-hydroxylation sites is 1. The van der Waals surface area contributed by atoms with Crippen LogP contribution in [0.25, 0.3) is 0 Å². The van der Waals surface area contributed by atoms with E-state index in [0.29, 0.717) is 27.7 Å². The molecular formula is C24H19Cl3N2O5S. The second kappa shape index (κ2) is 10.5. The molecule has 0 aromatic heterocycles. The number of hydrogen-bond acceptors (Lipinski definition) is 5. The summed E-state index contributed by atoms with van der Waals surface area (Å²) in [5.74, 6) is -1.42. The van der Waals surface area contributed by atoms with Crippen LogP contribution in [0.1, 0.15) is 21.5 Å². The molecule has 3 aromatic rings. The zero-order chi connectivity index (χ0) is 25.2. The van der Waals surface area contributed by atoms with Crippen molar-refractivity contribution in [3.8, 4) is 0 Å². The van der Waals surface area contributed by atoms with Crippen LogP contribution in [0.4, 0.5) is 5.69 Å². The minimum absolute atomic E-state index is 0.0245. The molecule has 0 atom stereocenters. The molecular weight excluding hydrogens is 535 g/mol. The van der Waals surface area contributed by atoms with Gasteiger partial charge in [-0.3, -0.25) is 9.10 Å². The minimum atomic E-state index is -4.02. The van der Waals surface area contributed by atoms with Gasteiger partial charge in [0.15, 0.2) is 6.61 Å². The Kier molecular flexibility index (Phi) is 7.56. The molecule has 3 aromatic carbocycles. The van der Waals surface area contributed by atoms with Gasteiger partial charge in [0.1, 0.15) is 4.90 Å². The lowest BCUT2D eigenvalue weighted by molar-refractivity contribution is -0.124. The molecule has 0 saturated carbocycles. The third-order valence-corrected chi connectivity index (χ3v) is 8.29. The fraction of sp³-hybridized carbons (Fsp3) is 0.167. The van der Waals surface area contributed by atoms with Crippen molar-refractivity contribution < 1.29 is 22.7 Å². The molecule has 35 heavy (non-hydrogen) atoms. The highest BCUT2D eigenvalue weighted by molar-refractivity contribution is 7.93. The lowest BCUT2D eigenvalue weighted by atomic mass is 10.2. The summed E-state index contributed by atoms with van der Waals surface area (Å²) >= 11 is 18.1. The normalized spacial score (nSPS) is 12.8. The van der Waals surface area contributed by atoms with Gasteiger partial charge < -0.3 is 10.1 Å². The molecule has 182 valence electrons. The number of anilines is 1. The number of rotatable bonds is 7. The summed E-state index contributed by atoms with van der Waals surface area (Å²) in [7, 11) is -4.02. The van der Waals surface area contributed by atoms with E-state index in [4.69, 9.17) is 39.5 Å². The smallest absolute Gasteiger partial charge is 0.338 e. The van der Waals surface area contributed by atoms with Crippen LogP contribution < -0.4 is 9.62 Å². The van der Waals surface area contributed by atoms with Crippen LogP contribution >= 0.6 is 34.8 Å². The molecule has 1 heterocycles. The third kappa shape index (κ3) is 5.56. The number of carbonyl (C=O) groups excluding carboxylic acids is 2. The number of esters is 1. The van der Waals surface area contributed by atoms with E-state index >= 15 is 0 Å². The van der Waals surface area contributed by atoms with Crippen molar-refractivity contribution in [3.05, 3.63) is 92.4 Å². The molecule has 1 aliphatic heterocycles. The van der Waals surface area contributed by atoms with Gasteiger partial charge in [-0.05, 0) is 53.9 Å². The number of fused-ring (bicyclic) bond motifs is 1. The van der Waals surface area contributed by atoms with Gasteiger partial charge in [-0.2, -0.15) is 0 Å². The van der Waals surface area contributed by atoms with Crippen molar-refractivity contribution in [3.63, 3.8) is 0 Å². The number of ether oxygens (including phenoxy) is 1. The second-order valence-electron chi connectivity index (χ2n) is 7.69. The zero-order valence-electron chi connectivity index (χ0n) is 18.1. The van der Waals surface area contributed by atoms with Crippen molar-refractivity contribution in [2.24, 2.45) is 0 Å². The van der Waals surface area contributed by atoms with E-state index < -0.39 is 28.5 Å². The summed E-state index contributed by atoms with van der Waals surface area (Å²) in [6, 6.07) is 15.9. The van der Waals surface area contributed by atoms with E-state index in [2.05, 4.69) is 5.32 Å². The maximum absolute atomic E-state index is 13.3. The van der Waals surface area contributed by atoms with Gasteiger partial charge in [-0.25, -0.2) is 13.2 Å². The Labute approximate surface area is 217 Å². The van der Waals surface area contributed by atoms with Crippen molar-refractivity contribution in [1.82, 2.24) is 5.32 Å². The standard InChI is InChI=1S/C24H19Cl3N2O5S/c25-18-7-5-17(20(27)12-18)13-28-23(30)14-34-24(31)16-6-8-19(26)22(11-16)35(32,33)29-10-9-15-3-1-2-4-21(15)29/h1-8,11-12H,9-10,13-14H2,(H,28,30). The Hall–Kier alpha value is -2.78. The summed E-state index contributed by atoms with van der Waals surface area (Å²) in [5, 5.41) is 3.43. The van der Waals surface area contributed by atoms with E-state index in [1.165, 1.54) is 16.4 Å². The van der Waals surface area contributed by atoms with Gasteiger partial charge in [-0.15, -0.1) is 0 Å². The molecule has 1 amide bonds. The molecule has 0 bridgehead atoms. The number of benzene rings is 3. The summed E-state index contributed by atoms with van der Waals surface area (Å²) in [6.07, 6.45) is 0.575. The molecule has 1 N–H and O–H groups in total. The number of nitrogens with one attached hydrogen (secondary N) is 1. The van der Waals surface area contributed by atoms with Crippen LogP contribution in [0.15, 0.2) is 65.6 Å². The summed E-state index contributed by atoms with van der Waals surface area (Å²) in [6.45, 7) is -0.175. The molecule has 0 unspecified atom stereocenters. The Balaban J connectivity index is 1.43. The average molecular weight is 554 g/mol. The highest BCUT2D eigenvalue weighted by Crippen LogP contribution is 2.35. The van der Waals surface area contributed by atoms with Crippen LogP contribution in [-0.4, -0.2) is 33.4 Å². The van der Waals surface area contributed by atoms with E-state index in [1.54, 1.807) is 30.3 Å². The first kappa shape index (κ1) is 25.3. The lowest BCUT2D eigenvalue weighted by Crippen LogP contribution is -2.30. The maximum atomic E-state index is 13.3. The van der Waals surface area contributed by atoms with Gasteiger partial charge in [0, 0.05) is 23.1 Å². The van der Waals surface area contributed by atoms with Gasteiger partial charge in [0.25, 0.3) is 15.9 Å².